The number of hydrogen-bond donors (Lipinski definition) is 1. The summed E-state index contributed by atoms with van der Waals surface area (Å²) in [6.45, 7) is 10.1. The standard InChI is InChI=1S/C27H35N3O4/c1-18(2)33-23-8-6-21(7-9-23)16-28-26(31)22-11-13-29(14-12-22)27(32)30-17-20(4)34-25-10-5-19(3)15-24(25)30/h5-10,15,18,20,22H,11-14,16-17H2,1-4H3,(H,28,31). The smallest absolute Gasteiger partial charge is 0.324 e. The molecule has 7 nitrogen and oxygen atoms in total. The zero-order valence-electron chi connectivity index (χ0n) is 20.5. The molecule has 0 aromatic heterocycles. The molecule has 1 unspecified atom stereocenters. The number of carbonyl (C=O) groups is 2. The average molecular weight is 466 g/mol. The molecule has 34 heavy (non-hydrogen) atoms. The van der Waals surface area contributed by atoms with Crippen LogP contribution in [0.2, 0.25) is 0 Å². The molecule has 1 atom stereocenters. The summed E-state index contributed by atoms with van der Waals surface area (Å²) in [6, 6.07) is 13.7. The molecule has 2 aliphatic rings. The van der Waals surface area contributed by atoms with Crippen LogP contribution < -0.4 is 19.7 Å². The van der Waals surface area contributed by atoms with Gasteiger partial charge >= 0.3 is 6.03 Å². The van der Waals surface area contributed by atoms with E-state index in [0.29, 0.717) is 39.0 Å². The van der Waals surface area contributed by atoms with Gasteiger partial charge in [-0.25, -0.2) is 4.79 Å². The first-order valence-corrected chi connectivity index (χ1v) is 12.2. The number of piperidine rings is 1. The summed E-state index contributed by atoms with van der Waals surface area (Å²) in [5, 5.41) is 3.05. The maximum absolute atomic E-state index is 13.3. The van der Waals surface area contributed by atoms with Crippen LogP contribution >= 0.6 is 0 Å². The highest BCUT2D eigenvalue weighted by atomic mass is 16.5. The van der Waals surface area contributed by atoms with E-state index in [-0.39, 0.29) is 30.1 Å². The Morgan fingerprint density at radius 1 is 1.12 bits per heavy atom. The Labute approximate surface area is 202 Å². The summed E-state index contributed by atoms with van der Waals surface area (Å²) in [4.78, 5) is 29.8. The molecule has 3 amide bonds. The number of likely N-dealkylation sites (tertiary alicyclic amines) is 1. The Kier molecular flexibility index (Phi) is 7.29. The molecule has 0 saturated carbocycles. The zero-order valence-corrected chi connectivity index (χ0v) is 20.5. The third kappa shape index (κ3) is 5.64. The average Bonchev–Trinajstić information content (AvgIpc) is 2.82. The number of ether oxygens (including phenoxy) is 2. The Bertz CT molecular complexity index is 1010. The minimum atomic E-state index is -0.0780. The van der Waals surface area contributed by atoms with Crippen LogP contribution in [0, 0.1) is 12.8 Å². The lowest BCUT2D eigenvalue weighted by molar-refractivity contribution is -0.126. The van der Waals surface area contributed by atoms with Crippen molar-refractivity contribution in [2.45, 2.75) is 59.3 Å². The van der Waals surface area contributed by atoms with E-state index in [9.17, 15) is 9.59 Å². The highest BCUT2D eigenvalue weighted by molar-refractivity contribution is 5.94. The van der Waals surface area contributed by atoms with Crippen molar-refractivity contribution in [1.82, 2.24) is 10.2 Å². The van der Waals surface area contributed by atoms with E-state index in [1.807, 2.05) is 80.0 Å². The largest absolute Gasteiger partial charge is 0.491 e. The number of amides is 3. The molecule has 1 N–H and O–H groups in total. The number of nitrogens with zero attached hydrogens (tertiary/aromatic N) is 2. The summed E-state index contributed by atoms with van der Waals surface area (Å²) in [5.41, 5.74) is 2.95. The maximum Gasteiger partial charge on any atom is 0.324 e. The predicted molar refractivity (Wildman–Crippen MR) is 132 cm³/mol. The lowest BCUT2D eigenvalue weighted by Crippen LogP contribution is -2.52. The molecular formula is C27H35N3O4. The van der Waals surface area contributed by atoms with Crippen molar-refractivity contribution >= 4 is 17.6 Å². The van der Waals surface area contributed by atoms with Crippen molar-refractivity contribution in [1.29, 1.82) is 0 Å². The second-order valence-electron chi connectivity index (χ2n) is 9.58. The number of nitrogens with one attached hydrogen (secondary N) is 1. The van der Waals surface area contributed by atoms with E-state index in [2.05, 4.69) is 5.32 Å². The van der Waals surface area contributed by atoms with E-state index in [4.69, 9.17) is 9.47 Å². The Morgan fingerprint density at radius 3 is 2.50 bits per heavy atom. The minimum Gasteiger partial charge on any atom is -0.491 e. The molecule has 7 heteroatoms. The van der Waals surface area contributed by atoms with Crippen molar-refractivity contribution in [3.63, 3.8) is 0 Å². The summed E-state index contributed by atoms with van der Waals surface area (Å²) in [5.74, 6) is 1.55. The lowest BCUT2D eigenvalue weighted by Gasteiger charge is -2.39. The number of anilines is 1. The minimum absolute atomic E-state index is 0.00966. The monoisotopic (exact) mass is 465 g/mol. The zero-order chi connectivity index (χ0) is 24.2. The lowest BCUT2D eigenvalue weighted by atomic mass is 9.96. The van der Waals surface area contributed by atoms with Crippen LogP contribution in [-0.2, 0) is 11.3 Å². The third-order valence-electron chi connectivity index (χ3n) is 6.30. The highest BCUT2D eigenvalue weighted by Gasteiger charge is 2.34. The molecule has 2 heterocycles. The Morgan fingerprint density at radius 2 is 1.82 bits per heavy atom. The number of fused-ring (bicyclic) bond motifs is 1. The van der Waals surface area contributed by atoms with Gasteiger partial charge in [-0.05, 0) is 75.9 Å². The van der Waals surface area contributed by atoms with Gasteiger partial charge in [0.05, 0.1) is 18.3 Å². The number of aryl methyl sites for hydroxylation is 1. The van der Waals surface area contributed by atoms with Gasteiger partial charge in [0, 0.05) is 25.6 Å². The van der Waals surface area contributed by atoms with Gasteiger partial charge in [-0.1, -0.05) is 18.2 Å². The summed E-state index contributed by atoms with van der Waals surface area (Å²) in [7, 11) is 0. The van der Waals surface area contributed by atoms with Crippen molar-refractivity contribution in [3.8, 4) is 11.5 Å². The first-order valence-electron chi connectivity index (χ1n) is 12.2. The van der Waals surface area contributed by atoms with Crippen molar-refractivity contribution in [2.75, 3.05) is 24.5 Å². The molecule has 4 rings (SSSR count). The number of carbonyl (C=O) groups excluding carboxylic acids is 2. The van der Waals surface area contributed by atoms with Gasteiger partial charge in [-0.3, -0.25) is 9.69 Å². The van der Waals surface area contributed by atoms with Crippen LogP contribution in [0.1, 0.15) is 44.7 Å². The summed E-state index contributed by atoms with van der Waals surface area (Å²) < 4.78 is 11.6. The van der Waals surface area contributed by atoms with E-state index < -0.39 is 0 Å². The first-order chi connectivity index (χ1) is 16.3. The molecule has 0 bridgehead atoms. The summed E-state index contributed by atoms with van der Waals surface area (Å²) >= 11 is 0. The van der Waals surface area contributed by atoms with Crippen LogP contribution in [0.4, 0.5) is 10.5 Å². The van der Waals surface area contributed by atoms with Gasteiger partial charge in [0.15, 0.2) is 0 Å². The second kappa shape index (κ2) is 10.4. The number of benzene rings is 2. The molecule has 2 aromatic carbocycles. The molecule has 0 aliphatic carbocycles. The molecule has 2 aromatic rings. The normalized spacial score (nSPS) is 18.3. The van der Waals surface area contributed by atoms with Gasteiger partial charge in [0.1, 0.15) is 17.6 Å². The molecule has 1 fully saturated rings. The fraction of sp³-hybridized carbons (Fsp3) is 0.481. The van der Waals surface area contributed by atoms with Gasteiger partial charge in [0.2, 0.25) is 5.91 Å². The van der Waals surface area contributed by atoms with E-state index in [1.54, 1.807) is 0 Å². The predicted octanol–water partition coefficient (Wildman–Crippen LogP) is 4.52. The number of rotatable bonds is 5. The highest BCUT2D eigenvalue weighted by Crippen LogP contribution is 2.35. The van der Waals surface area contributed by atoms with Crippen LogP contribution in [0.25, 0.3) is 0 Å². The van der Waals surface area contributed by atoms with Crippen molar-refractivity contribution < 1.29 is 19.1 Å². The number of urea groups is 1. The molecule has 1 saturated heterocycles. The topological polar surface area (TPSA) is 71.1 Å². The van der Waals surface area contributed by atoms with Crippen LogP contribution in [0.15, 0.2) is 42.5 Å². The molecule has 0 spiro atoms. The molecule has 2 aliphatic heterocycles. The van der Waals surface area contributed by atoms with Crippen molar-refractivity contribution in [2.24, 2.45) is 5.92 Å². The van der Waals surface area contributed by atoms with Crippen LogP contribution in [0.3, 0.4) is 0 Å². The van der Waals surface area contributed by atoms with E-state index in [1.165, 1.54) is 0 Å². The van der Waals surface area contributed by atoms with E-state index >= 15 is 0 Å². The van der Waals surface area contributed by atoms with Gasteiger partial charge < -0.3 is 19.7 Å². The van der Waals surface area contributed by atoms with Crippen LogP contribution in [-0.4, -0.2) is 48.7 Å². The fourth-order valence-corrected chi connectivity index (χ4v) is 4.52. The van der Waals surface area contributed by atoms with Gasteiger partial charge in [-0.2, -0.15) is 0 Å². The SMILES string of the molecule is Cc1ccc2c(c1)N(C(=O)N1CCC(C(=O)NCc3ccc(OC(C)C)cc3)CC1)CC(C)O2. The quantitative estimate of drug-likeness (QED) is 0.705. The summed E-state index contributed by atoms with van der Waals surface area (Å²) in [6.07, 6.45) is 1.40. The van der Waals surface area contributed by atoms with Crippen molar-refractivity contribution in [3.05, 3.63) is 53.6 Å². The molecular weight excluding hydrogens is 430 g/mol. The third-order valence-corrected chi connectivity index (χ3v) is 6.30. The molecule has 0 radical (unpaired) electrons. The van der Waals surface area contributed by atoms with Crippen LogP contribution in [0.5, 0.6) is 11.5 Å². The Balaban J connectivity index is 1.29. The molecule has 182 valence electrons. The second-order valence-corrected chi connectivity index (χ2v) is 9.58. The van der Waals surface area contributed by atoms with Gasteiger partial charge in [0.25, 0.3) is 0 Å². The fourth-order valence-electron chi connectivity index (χ4n) is 4.52. The van der Waals surface area contributed by atoms with Gasteiger partial charge in [-0.15, -0.1) is 0 Å². The maximum atomic E-state index is 13.3. The van der Waals surface area contributed by atoms with E-state index in [0.717, 1.165) is 28.3 Å². The Hall–Kier alpha value is -3.22. The number of hydrogen-bond acceptors (Lipinski definition) is 4. The first kappa shape index (κ1) is 23.9.